The van der Waals surface area contributed by atoms with Crippen molar-refractivity contribution in [1.82, 2.24) is 4.98 Å². The van der Waals surface area contributed by atoms with Crippen molar-refractivity contribution in [2.45, 2.75) is 24.9 Å². The smallest absolute Gasteiger partial charge is 0.316 e. The second-order valence-electron chi connectivity index (χ2n) is 5.65. The number of hydrogen-bond acceptors (Lipinski definition) is 5. The number of nitrogens with zero attached hydrogens (tertiary/aromatic N) is 1. The fourth-order valence-electron chi connectivity index (χ4n) is 2.66. The number of benzene rings is 1. The molecular formula is C18H15NO3S. The Labute approximate surface area is 137 Å². The van der Waals surface area contributed by atoms with Gasteiger partial charge in [-0.3, -0.25) is 4.79 Å². The van der Waals surface area contributed by atoms with Gasteiger partial charge < -0.3 is 9.15 Å². The highest BCUT2D eigenvalue weighted by molar-refractivity contribution is 7.13. The molecule has 0 aliphatic heterocycles. The number of hydrogen-bond donors (Lipinski definition) is 0. The second-order valence-corrected chi connectivity index (χ2v) is 6.59. The maximum atomic E-state index is 12.5. The lowest BCUT2D eigenvalue weighted by Gasteiger charge is -2.14. The van der Waals surface area contributed by atoms with Crippen LogP contribution in [0, 0.1) is 0 Å². The molecule has 2 heterocycles. The summed E-state index contributed by atoms with van der Waals surface area (Å²) in [6.45, 7) is 0.141. The van der Waals surface area contributed by atoms with Gasteiger partial charge in [0.2, 0.25) is 5.89 Å². The molecule has 4 rings (SSSR count). The fraction of sp³-hybridized carbons (Fsp3) is 0.222. The molecule has 0 radical (unpaired) electrons. The molecule has 0 atom stereocenters. The molecule has 1 aromatic carbocycles. The number of thiophene rings is 1. The maximum absolute atomic E-state index is 12.5. The summed E-state index contributed by atoms with van der Waals surface area (Å²) < 4.78 is 10.9. The van der Waals surface area contributed by atoms with E-state index in [0.29, 0.717) is 11.6 Å². The van der Waals surface area contributed by atoms with E-state index in [1.54, 1.807) is 17.6 Å². The molecule has 23 heavy (non-hydrogen) atoms. The quantitative estimate of drug-likeness (QED) is 0.660. The number of carbonyl (C=O) groups excluding carboxylic acids is 1. The molecule has 116 valence electrons. The van der Waals surface area contributed by atoms with Crippen LogP contribution in [-0.4, -0.2) is 11.0 Å². The van der Waals surface area contributed by atoms with E-state index in [2.05, 4.69) is 4.98 Å². The zero-order chi connectivity index (χ0) is 15.7. The van der Waals surface area contributed by atoms with Crippen molar-refractivity contribution in [2.24, 2.45) is 0 Å². The monoisotopic (exact) mass is 325 g/mol. The van der Waals surface area contributed by atoms with Crippen molar-refractivity contribution in [1.29, 1.82) is 0 Å². The minimum absolute atomic E-state index is 0.141. The first-order valence-corrected chi connectivity index (χ1v) is 8.37. The van der Waals surface area contributed by atoms with E-state index in [-0.39, 0.29) is 12.6 Å². The minimum Gasteiger partial charge on any atom is -0.458 e. The summed E-state index contributed by atoms with van der Waals surface area (Å²) in [5.41, 5.74) is 1.21. The molecule has 4 nitrogen and oxygen atoms in total. The van der Waals surface area contributed by atoms with Gasteiger partial charge in [0, 0.05) is 0 Å². The first-order valence-electron chi connectivity index (χ1n) is 7.49. The van der Waals surface area contributed by atoms with Crippen molar-refractivity contribution in [2.75, 3.05) is 0 Å². The van der Waals surface area contributed by atoms with Gasteiger partial charge in [-0.25, -0.2) is 4.98 Å². The average molecular weight is 325 g/mol. The number of esters is 1. The van der Waals surface area contributed by atoms with Crippen LogP contribution in [0.1, 0.15) is 24.1 Å². The van der Waals surface area contributed by atoms with E-state index in [4.69, 9.17) is 9.15 Å². The normalized spacial score (nSPS) is 15.3. The zero-order valence-electron chi connectivity index (χ0n) is 12.4. The molecule has 0 saturated heterocycles. The molecule has 5 heteroatoms. The van der Waals surface area contributed by atoms with Gasteiger partial charge >= 0.3 is 5.97 Å². The predicted octanol–water partition coefficient (Wildman–Crippen LogP) is 4.18. The summed E-state index contributed by atoms with van der Waals surface area (Å²) >= 11 is 1.56. The van der Waals surface area contributed by atoms with Crippen molar-refractivity contribution in [3.8, 4) is 10.8 Å². The molecule has 1 aliphatic rings. The molecule has 0 unspecified atom stereocenters. The molecule has 2 aromatic heterocycles. The Balaban J connectivity index is 1.43. The van der Waals surface area contributed by atoms with Crippen LogP contribution >= 0.6 is 11.3 Å². The Morgan fingerprint density at radius 1 is 1.22 bits per heavy atom. The van der Waals surface area contributed by atoms with Crippen LogP contribution in [0.5, 0.6) is 0 Å². The van der Waals surface area contributed by atoms with Crippen LogP contribution in [0.2, 0.25) is 0 Å². The van der Waals surface area contributed by atoms with E-state index in [0.717, 1.165) is 23.3 Å². The van der Waals surface area contributed by atoms with Crippen molar-refractivity contribution >= 4 is 17.3 Å². The third kappa shape index (κ3) is 2.68. The highest BCUT2D eigenvalue weighted by atomic mass is 32.1. The predicted molar refractivity (Wildman–Crippen MR) is 87.0 cm³/mol. The van der Waals surface area contributed by atoms with E-state index >= 15 is 0 Å². The van der Waals surface area contributed by atoms with Gasteiger partial charge in [0.25, 0.3) is 0 Å². The molecule has 1 aliphatic carbocycles. The number of ether oxygens (including phenoxy) is 1. The summed E-state index contributed by atoms with van der Waals surface area (Å²) in [6.07, 6.45) is 3.23. The summed E-state index contributed by atoms with van der Waals surface area (Å²) in [4.78, 5) is 17.8. The van der Waals surface area contributed by atoms with E-state index < -0.39 is 5.41 Å². The highest BCUT2D eigenvalue weighted by Gasteiger charge is 2.52. The molecule has 1 fully saturated rings. The van der Waals surface area contributed by atoms with Crippen molar-refractivity contribution in [3.05, 3.63) is 65.4 Å². The Bertz CT molecular complexity index is 804. The summed E-state index contributed by atoms with van der Waals surface area (Å²) in [6, 6.07) is 13.7. The van der Waals surface area contributed by atoms with Gasteiger partial charge in [-0.2, -0.15) is 0 Å². The third-order valence-electron chi connectivity index (χ3n) is 4.10. The average Bonchev–Trinajstić information content (AvgIpc) is 3.00. The van der Waals surface area contributed by atoms with Gasteiger partial charge in [-0.05, 0) is 29.9 Å². The molecule has 1 saturated carbocycles. The largest absolute Gasteiger partial charge is 0.458 e. The lowest BCUT2D eigenvalue weighted by atomic mass is 9.96. The number of carbonyl (C=O) groups is 1. The van der Waals surface area contributed by atoms with Crippen molar-refractivity contribution < 1.29 is 13.9 Å². The Kier molecular flexibility index (Phi) is 3.50. The summed E-state index contributed by atoms with van der Waals surface area (Å²) in [5, 5.41) is 1.97. The minimum atomic E-state index is -0.457. The lowest BCUT2D eigenvalue weighted by molar-refractivity contribution is -0.148. The lowest BCUT2D eigenvalue weighted by Crippen LogP contribution is -2.23. The molecule has 0 amide bonds. The molecular weight excluding hydrogens is 310 g/mol. The molecule has 0 N–H and O–H groups in total. The van der Waals surface area contributed by atoms with Gasteiger partial charge in [0.15, 0.2) is 0 Å². The van der Waals surface area contributed by atoms with Gasteiger partial charge in [-0.1, -0.05) is 36.4 Å². The summed E-state index contributed by atoms with van der Waals surface area (Å²) in [5.74, 6) is 0.389. The van der Waals surface area contributed by atoms with Crippen LogP contribution in [0.3, 0.4) is 0 Å². The van der Waals surface area contributed by atoms with Gasteiger partial charge in [-0.15, -0.1) is 11.3 Å². The Hall–Kier alpha value is -2.40. The Morgan fingerprint density at radius 3 is 2.74 bits per heavy atom. The number of aromatic nitrogens is 1. The van der Waals surface area contributed by atoms with Gasteiger partial charge in [0.05, 0.1) is 10.3 Å². The maximum Gasteiger partial charge on any atom is 0.316 e. The van der Waals surface area contributed by atoms with E-state index in [9.17, 15) is 4.79 Å². The first kappa shape index (κ1) is 14.2. The zero-order valence-corrected chi connectivity index (χ0v) is 13.2. The highest BCUT2D eigenvalue weighted by Crippen LogP contribution is 2.49. The Morgan fingerprint density at radius 2 is 2.04 bits per heavy atom. The van der Waals surface area contributed by atoms with Crippen LogP contribution in [0.15, 0.2) is 58.5 Å². The SMILES string of the molecule is O=C(OCc1coc(-c2cccs2)n1)C1(c2ccccc2)CC1. The first-order chi connectivity index (χ1) is 11.3. The fourth-order valence-corrected chi connectivity index (χ4v) is 3.31. The van der Waals surface area contributed by atoms with Crippen LogP contribution in [0.25, 0.3) is 10.8 Å². The van der Waals surface area contributed by atoms with E-state index in [1.807, 2.05) is 47.8 Å². The van der Waals surface area contributed by atoms with Gasteiger partial charge in [0.1, 0.15) is 18.6 Å². The molecule has 3 aromatic rings. The van der Waals surface area contributed by atoms with E-state index in [1.165, 1.54) is 0 Å². The number of oxazole rings is 1. The third-order valence-corrected chi connectivity index (χ3v) is 4.96. The topological polar surface area (TPSA) is 52.3 Å². The molecule has 0 bridgehead atoms. The summed E-state index contributed by atoms with van der Waals surface area (Å²) in [7, 11) is 0. The second kappa shape index (κ2) is 5.66. The van der Waals surface area contributed by atoms with Crippen LogP contribution in [0.4, 0.5) is 0 Å². The van der Waals surface area contributed by atoms with Crippen molar-refractivity contribution in [3.63, 3.8) is 0 Å². The van der Waals surface area contributed by atoms with Crippen LogP contribution < -0.4 is 0 Å². The molecule has 0 spiro atoms. The standard InChI is InChI=1S/C18H15NO3S/c20-17(18(8-9-18)13-5-2-1-3-6-13)22-12-14-11-21-16(19-14)15-7-4-10-23-15/h1-7,10-11H,8-9,12H2. The van der Waals surface area contributed by atoms with Crippen LogP contribution in [-0.2, 0) is 21.6 Å². The number of rotatable bonds is 5.